The Labute approximate surface area is 158 Å². The molecule has 3 aliphatic rings. The van der Waals surface area contributed by atoms with Crippen molar-refractivity contribution in [3.05, 3.63) is 24.2 Å². The van der Waals surface area contributed by atoms with Crippen LogP contribution in [0.25, 0.3) is 0 Å². The highest BCUT2D eigenvalue weighted by molar-refractivity contribution is 5.96. The molecule has 4 rings (SSSR count). The van der Waals surface area contributed by atoms with Gasteiger partial charge in [0, 0.05) is 6.54 Å². The maximum atomic E-state index is 12.8. The third kappa shape index (κ3) is 3.46. The van der Waals surface area contributed by atoms with E-state index in [-0.39, 0.29) is 24.4 Å². The lowest BCUT2D eigenvalue weighted by Gasteiger charge is -2.47. The second-order valence-electron chi connectivity index (χ2n) is 7.96. The molecule has 0 spiro atoms. The van der Waals surface area contributed by atoms with Crippen LogP contribution in [-0.4, -0.2) is 53.8 Å². The van der Waals surface area contributed by atoms with E-state index < -0.39 is 11.7 Å². The number of aldehydes is 1. The monoisotopic (exact) mass is 374 g/mol. The van der Waals surface area contributed by atoms with Crippen molar-refractivity contribution in [1.82, 2.24) is 10.2 Å². The molecule has 0 radical (unpaired) electrons. The number of ether oxygens (including phenoxy) is 1. The summed E-state index contributed by atoms with van der Waals surface area (Å²) in [5, 5.41) is 2.96. The third-order valence-corrected chi connectivity index (χ3v) is 6.24. The average molecular weight is 374 g/mol. The Hall–Kier alpha value is -1.99. The number of amides is 1. The number of nitrogens with one attached hydrogen (secondary N) is 1. The molecule has 7 nitrogen and oxygen atoms in total. The van der Waals surface area contributed by atoms with Gasteiger partial charge in [-0.2, -0.15) is 0 Å². The van der Waals surface area contributed by atoms with Gasteiger partial charge in [0.1, 0.15) is 12.9 Å². The highest BCUT2D eigenvalue weighted by atomic mass is 16.5. The number of fused-ring (bicyclic) bond motifs is 1. The van der Waals surface area contributed by atoms with Crippen molar-refractivity contribution in [2.45, 2.75) is 62.8 Å². The average Bonchev–Trinajstić information content (AvgIpc) is 3.43. The maximum Gasteiger partial charge on any atom is 0.256 e. The summed E-state index contributed by atoms with van der Waals surface area (Å²) in [6.45, 7) is 0.674. The molecule has 7 heteroatoms. The lowest BCUT2D eigenvalue weighted by molar-refractivity contribution is -0.134. The highest BCUT2D eigenvalue weighted by Crippen LogP contribution is 2.37. The molecule has 0 bridgehead atoms. The Bertz CT molecular complexity index is 697. The summed E-state index contributed by atoms with van der Waals surface area (Å²) in [4.78, 5) is 39.7. The van der Waals surface area contributed by atoms with Crippen LogP contribution in [0.4, 0.5) is 0 Å². The number of carbonyl (C=O) groups excluding carboxylic acids is 3. The fourth-order valence-corrected chi connectivity index (χ4v) is 4.94. The van der Waals surface area contributed by atoms with Crippen molar-refractivity contribution >= 4 is 18.0 Å². The predicted molar refractivity (Wildman–Crippen MR) is 96.0 cm³/mol. The zero-order chi connectivity index (χ0) is 18.9. The SMILES string of the molecule is O=CC(CC1CCCC1)(NC(=O)c1ccoc1)N1CCCC2OCC(=O)C21. The number of ketones is 1. The molecule has 1 aliphatic carbocycles. The molecule has 2 saturated heterocycles. The minimum Gasteiger partial charge on any atom is -0.472 e. The summed E-state index contributed by atoms with van der Waals surface area (Å²) >= 11 is 0. The van der Waals surface area contributed by atoms with Crippen LogP contribution in [0.1, 0.15) is 55.3 Å². The molecule has 146 valence electrons. The van der Waals surface area contributed by atoms with Crippen molar-refractivity contribution < 1.29 is 23.5 Å². The first-order chi connectivity index (χ1) is 13.1. The molecule has 1 amide bonds. The Morgan fingerprint density at radius 3 is 2.81 bits per heavy atom. The van der Waals surface area contributed by atoms with E-state index >= 15 is 0 Å². The molecule has 3 atom stereocenters. The van der Waals surface area contributed by atoms with Gasteiger partial charge in [0.2, 0.25) is 0 Å². The molecule has 2 aliphatic heterocycles. The van der Waals surface area contributed by atoms with Gasteiger partial charge in [0.15, 0.2) is 17.7 Å². The van der Waals surface area contributed by atoms with Crippen LogP contribution < -0.4 is 5.32 Å². The number of nitrogens with zero attached hydrogens (tertiary/aromatic N) is 1. The fourth-order valence-electron chi connectivity index (χ4n) is 4.94. The van der Waals surface area contributed by atoms with Crippen LogP contribution in [0.2, 0.25) is 0 Å². The maximum absolute atomic E-state index is 12.8. The molecule has 3 unspecified atom stereocenters. The standard InChI is InChI=1S/C20H26N2O5/c23-13-20(10-14-4-1-2-5-14,21-19(25)15-7-9-26-11-15)22-8-3-6-17-18(22)16(24)12-27-17/h7,9,11,13-14,17-18H,1-6,8,10,12H2,(H,21,25). The first-order valence-corrected chi connectivity index (χ1v) is 9.85. The second-order valence-corrected chi connectivity index (χ2v) is 7.96. The number of likely N-dealkylation sites (tertiary alicyclic amines) is 1. The first-order valence-electron chi connectivity index (χ1n) is 9.85. The lowest BCUT2D eigenvalue weighted by atomic mass is 9.87. The normalized spacial score (nSPS) is 28.7. The Morgan fingerprint density at radius 1 is 1.30 bits per heavy atom. The summed E-state index contributed by atoms with van der Waals surface area (Å²) in [6, 6.07) is 1.11. The van der Waals surface area contributed by atoms with Gasteiger partial charge in [0.25, 0.3) is 5.91 Å². The van der Waals surface area contributed by atoms with Crippen molar-refractivity contribution in [2.75, 3.05) is 13.2 Å². The Balaban J connectivity index is 1.66. The van der Waals surface area contributed by atoms with Gasteiger partial charge in [-0.05, 0) is 31.2 Å². The minimum absolute atomic E-state index is 0.00472. The van der Waals surface area contributed by atoms with Gasteiger partial charge >= 0.3 is 0 Å². The number of rotatable bonds is 6. The number of hydrogen-bond acceptors (Lipinski definition) is 6. The zero-order valence-corrected chi connectivity index (χ0v) is 15.4. The number of hydrogen-bond donors (Lipinski definition) is 1. The Morgan fingerprint density at radius 2 is 2.11 bits per heavy atom. The minimum atomic E-state index is -1.20. The van der Waals surface area contributed by atoms with Crippen molar-refractivity contribution in [1.29, 1.82) is 0 Å². The van der Waals surface area contributed by atoms with E-state index in [1.165, 1.54) is 12.5 Å². The van der Waals surface area contributed by atoms with E-state index in [9.17, 15) is 14.4 Å². The first kappa shape index (κ1) is 18.4. The van der Waals surface area contributed by atoms with E-state index in [1.807, 2.05) is 4.90 Å². The van der Waals surface area contributed by atoms with Gasteiger partial charge in [-0.3, -0.25) is 19.3 Å². The van der Waals surface area contributed by atoms with Gasteiger partial charge in [-0.15, -0.1) is 0 Å². The van der Waals surface area contributed by atoms with Gasteiger partial charge in [0.05, 0.1) is 24.0 Å². The Kier molecular flexibility index (Phi) is 5.14. The van der Waals surface area contributed by atoms with Crippen LogP contribution in [0.3, 0.4) is 0 Å². The molecular weight excluding hydrogens is 348 g/mol. The second kappa shape index (κ2) is 7.56. The molecule has 0 aromatic carbocycles. The summed E-state index contributed by atoms with van der Waals surface area (Å²) in [5.74, 6) is -0.00473. The molecular formula is C20H26N2O5. The molecule has 1 N–H and O–H groups in total. The quantitative estimate of drug-likeness (QED) is 0.766. The molecule has 3 fully saturated rings. The molecule has 1 aromatic rings. The fraction of sp³-hybridized carbons (Fsp3) is 0.650. The van der Waals surface area contributed by atoms with Crippen LogP contribution >= 0.6 is 0 Å². The number of furan rings is 1. The van der Waals surface area contributed by atoms with Crippen molar-refractivity contribution in [3.63, 3.8) is 0 Å². The largest absolute Gasteiger partial charge is 0.472 e. The van der Waals surface area contributed by atoms with Crippen LogP contribution in [0.15, 0.2) is 23.0 Å². The predicted octanol–water partition coefficient (Wildman–Crippen LogP) is 1.92. The van der Waals surface area contributed by atoms with Crippen molar-refractivity contribution in [2.24, 2.45) is 5.92 Å². The van der Waals surface area contributed by atoms with E-state index in [4.69, 9.17) is 9.15 Å². The van der Waals surface area contributed by atoms with Crippen molar-refractivity contribution in [3.8, 4) is 0 Å². The number of carbonyl (C=O) groups is 3. The van der Waals surface area contributed by atoms with E-state index in [0.717, 1.165) is 44.8 Å². The summed E-state index contributed by atoms with van der Waals surface area (Å²) in [5.41, 5.74) is -0.828. The van der Waals surface area contributed by atoms with E-state index in [0.29, 0.717) is 24.4 Å². The lowest BCUT2D eigenvalue weighted by Crippen LogP contribution is -2.69. The molecule has 3 heterocycles. The van der Waals surface area contributed by atoms with Gasteiger partial charge in [-0.1, -0.05) is 25.7 Å². The van der Waals surface area contributed by atoms with Gasteiger partial charge < -0.3 is 14.5 Å². The van der Waals surface area contributed by atoms with E-state index in [1.54, 1.807) is 6.07 Å². The summed E-state index contributed by atoms with van der Waals surface area (Å²) in [6.07, 6.45) is 9.97. The number of piperidine rings is 1. The number of Topliss-reactive ketones (excluding diaryl/α,β-unsaturated/α-hetero) is 1. The van der Waals surface area contributed by atoms with Crippen LogP contribution in [0.5, 0.6) is 0 Å². The van der Waals surface area contributed by atoms with Gasteiger partial charge in [-0.25, -0.2) is 0 Å². The van der Waals surface area contributed by atoms with Crippen LogP contribution in [0, 0.1) is 5.92 Å². The zero-order valence-electron chi connectivity index (χ0n) is 15.4. The molecule has 1 saturated carbocycles. The highest BCUT2D eigenvalue weighted by Gasteiger charge is 2.52. The van der Waals surface area contributed by atoms with E-state index in [2.05, 4.69) is 5.32 Å². The summed E-state index contributed by atoms with van der Waals surface area (Å²) in [7, 11) is 0. The van der Waals surface area contributed by atoms with Crippen LogP contribution in [-0.2, 0) is 14.3 Å². The summed E-state index contributed by atoms with van der Waals surface area (Å²) < 4.78 is 10.7. The third-order valence-electron chi connectivity index (χ3n) is 6.24. The molecule has 1 aromatic heterocycles. The molecule has 27 heavy (non-hydrogen) atoms. The smallest absolute Gasteiger partial charge is 0.256 e. The topological polar surface area (TPSA) is 88.8 Å².